The molecule has 2 unspecified atom stereocenters. The van der Waals surface area contributed by atoms with Crippen LogP contribution in [-0.4, -0.2) is 16.2 Å². The molecule has 0 spiro atoms. The maximum atomic E-state index is 10.5. The number of hydrogen-bond acceptors (Lipinski definition) is 2. The molecule has 20 heavy (non-hydrogen) atoms. The van der Waals surface area contributed by atoms with E-state index in [0.29, 0.717) is 6.42 Å². The summed E-state index contributed by atoms with van der Waals surface area (Å²) in [4.78, 5) is 4.46. The fraction of sp³-hybridized carbons (Fsp3) is 0.389. The normalized spacial score (nSPS) is 18.8. The van der Waals surface area contributed by atoms with Gasteiger partial charge in [0, 0.05) is 24.2 Å². The molecule has 2 heteroatoms. The molecule has 1 N–H and O–H groups in total. The highest BCUT2D eigenvalue weighted by molar-refractivity contribution is 5.36. The molecule has 0 fully saturated rings. The zero-order chi connectivity index (χ0) is 13.9. The van der Waals surface area contributed by atoms with Gasteiger partial charge in [-0.25, -0.2) is 0 Å². The van der Waals surface area contributed by atoms with Crippen molar-refractivity contribution in [3.8, 4) is 0 Å². The Morgan fingerprint density at radius 2 is 2.10 bits per heavy atom. The van der Waals surface area contributed by atoms with E-state index >= 15 is 0 Å². The topological polar surface area (TPSA) is 33.1 Å². The average Bonchev–Trinajstić information content (AvgIpc) is 2.92. The summed E-state index contributed by atoms with van der Waals surface area (Å²) < 4.78 is 0. The lowest BCUT2D eigenvalue weighted by atomic mass is 9.92. The number of aliphatic hydroxyl groups excluding tert-OH is 1. The van der Waals surface area contributed by atoms with Gasteiger partial charge in [0.2, 0.25) is 0 Å². The van der Waals surface area contributed by atoms with E-state index < -0.39 is 0 Å². The van der Waals surface area contributed by atoms with E-state index in [-0.39, 0.29) is 12.0 Å². The van der Waals surface area contributed by atoms with Gasteiger partial charge in [-0.1, -0.05) is 37.3 Å². The van der Waals surface area contributed by atoms with Crippen molar-refractivity contribution in [1.82, 2.24) is 4.98 Å². The van der Waals surface area contributed by atoms with E-state index in [0.717, 1.165) is 25.0 Å². The maximum Gasteiger partial charge on any atom is 0.0664 e. The fourth-order valence-corrected chi connectivity index (χ4v) is 3.13. The van der Waals surface area contributed by atoms with Crippen molar-refractivity contribution in [2.75, 3.05) is 0 Å². The third-order valence-corrected chi connectivity index (χ3v) is 4.36. The number of rotatable bonds is 4. The largest absolute Gasteiger partial charge is 0.392 e. The number of fused-ring (bicyclic) bond motifs is 1. The highest BCUT2D eigenvalue weighted by atomic mass is 16.3. The molecule has 0 amide bonds. The van der Waals surface area contributed by atoms with E-state index in [1.807, 2.05) is 12.3 Å². The molecule has 2 nitrogen and oxygen atoms in total. The van der Waals surface area contributed by atoms with Crippen molar-refractivity contribution < 1.29 is 5.11 Å². The molecule has 0 saturated heterocycles. The highest BCUT2D eigenvalue weighted by Crippen LogP contribution is 2.36. The Labute approximate surface area is 120 Å². The van der Waals surface area contributed by atoms with Crippen molar-refractivity contribution in [3.63, 3.8) is 0 Å². The van der Waals surface area contributed by atoms with E-state index in [4.69, 9.17) is 0 Å². The summed E-state index contributed by atoms with van der Waals surface area (Å²) in [5.74, 6) is 0.263. The van der Waals surface area contributed by atoms with Crippen molar-refractivity contribution in [2.24, 2.45) is 0 Å². The molecule has 1 aliphatic rings. The van der Waals surface area contributed by atoms with Crippen LogP contribution in [0.25, 0.3) is 0 Å². The van der Waals surface area contributed by atoms with Gasteiger partial charge in [-0.05, 0) is 42.0 Å². The first-order valence-electron chi connectivity index (χ1n) is 7.47. The van der Waals surface area contributed by atoms with Crippen LogP contribution in [0.1, 0.15) is 41.6 Å². The van der Waals surface area contributed by atoms with E-state index in [9.17, 15) is 5.11 Å². The molecule has 1 heterocycles. The smallest absolute Gasteiger partial charge is 0.0664 e. The number of aliphatic hydroxyl groups is 1. The summed E-state index contributed by atoms with van der Waals surface area (Å²) in [6.45, 7) is 2.13. The Morgan fingerprint density at radius 3 is 2.85 bits per heavy atom. The fourth-order valence-electron chi connectivity index (χ4n) is 3.13. The standard InChI is InChI=1S/C18H21NO/c1-2-13-7-9-15(19-12-13)11-18(20)17-10-8-14-5-3-4-6-16(14)17/h3-7,9,12,17-18,20H,2,8,10-11H2,1H3. The second kappa shape index (κ2) is 5.76. The van der Waals surface area contributed by atoms with Gasteiger partial charge in [-0.15, -0.1) is 0 Å². The lowest BCUT2D eigenvalue weighted by Crippen LogP contribution is -2.19. The summed E-state index contributed by atoms with van der Waals surface area (Å²) in [6, 6.07) is 12.6. The number of benzene rings is 1. The van der Waals surface area contributed by atoms with Crippen molar-refractivity contribution >= 4 is 0 Å². The Morgan fingerprint density at radius 1 is 1.25 bits per heavy atom. The summed E-state index contributed by atoms with van der Waals surface area (Å²) >= 11 is 0. The minimum absolute atomic E-state index is 0.263. The Hall–Kier alpha value is -1.67. The summed E-state index contributed by atoms with van der Waals surface area (Å²) in [6.07, 6.45) is 5.37. The molecule has 3 rings (SSSR count). The summed E-state index contributed by atoms with van der Waals surface area (Å²) in [5.41, 5.74) is 4.95. The van der Waals surface area contributed by atoms with Crippen LogP contribution in [0.5, 0.6) is 0 Å². The van der Waals surface area contributed by atoms with Crippen LogP contribution in [-0.2, 0) is 19.3 Å². The highest BCUT2D eigenvalue weighted by Gasteiger charge is 2.28. The van der Waals surface area contributed by atoms with Gasteiger partial charge >= 0.3 is 0 Å². The molecule has 0 bridgehead atoms. The van der Waals surface area contributed by atoms with Gasteiger partial charge in [-0.3, -0.25) is 4.98 Å². The van der Waals surface area contributed by atoms with Gasteiger partial charge in [0.1, 0.15) is 0 Å². The third-order valence-electron chi connectivity index (χ3n) is 4.36. The maximum absolute atomic E-state index is 10.5. The zero-order valence-corrected chi connectivity index (χ0v) is 11.9. The van der Waals surface area contributed by atoms with E-state index in [1.165, 1.54) is 16.7 Å². The summed E-state index contributed by atoms with van der Waals surface area (Å²) in [7, 11) is 0. The number of aromatic nitrogens is 1. The quantitative estimate of drug-likeness (QED) is 0.922. The molecule has 2 aromatic rings. The van der Waals surface area contributed by atoms with Crippen LogP contribution in [0.3, 0.4) is 0 Å². The average molecular weight is 267 g/mol. The second-order valence-electron chi connectivity index (χ2n) is 5.63. The summed E-state index contributed by atoms with van der Waals surface area (Å²) in [5, 5.41) is 10.5. The van der Waals surface area contributed by atoms with Crippen molar-refractivity contribution in [3.05, 3.63) is 65.0 Å². The number of nitrogens with zero attached hydrogens (tertiary/aromatic N) is 1. The van der Waals surface area contributed by atoms with Gasteiger partial charge in [0.25, 0.3) is 0 Å². The SMILES string of the molecule is CCc1ccc(CC(O)C2CCc3ccccc32)nc1. The predicted octanol–water partition coefficient (Wildman–Crippen LogP) is 3.28. The number of pyridine rings is 1. The zero-order valence-electron chi connectivity index (χ0n) is 11.9. The van der Waals surface area contributed by atoms with Crippen LogP contribution in [0.15, 0.2) is 42.6 Å². The van der Waals surface area contributed by atoms with Crippen LogP contribution in [0, 0.1) is 0 Å². The third kappa shape index (κ3) is 2.61. The van der Waals surface area contributed by atoms with Gasteiger partial charge in [-0.2, -0.15) is 0 Å². The Bertz CT molecular complexity index is 576. The first-order chi connectivity index (χ1) is 9.78. The van der Waals surface area contributed by atoms with Gasteiger partial charge in [0.05, 0.1) is 6.10 Å². The van der Waals surface area contributed by atoms with Gasteiger partial charge < -0.3 is 5.11 Å². The molecule has 2 atom stereocenters. The second-order valence-corrected chi connectivity index (χ2v) is 5.63. The lowest BCUT2D eigenvalue weighted by molar-refractivity contribution is 0.142. The van der Waals surface area contributed by atoms with Crippen LogP contribution < -0.4 is 0 Å². The first-order valence-corrected chi connectivity index (χ1v) is 7.47. The lowest BCUT2D eigenvalue weighted by Gasteiger charge is -2.19. The molecule has 0 radical (unpaired) electrons. The van der Waals surface area contributed by atoms with E-state index in [1.54, 1.807) is 0 Å². The monoisotopic (exact) mass is 267 g/mol. The molecule has 1 aromatic carbocycles. The molecule has 104 valence electrons. The minimum Gasteiger partial charge on any atom is -0.392 e. The molecular formula is C18H21NO. The Kier molecular flexibility index (Phi) is 3.83. The van der Waals surface area contributed by atoms with Crippen LogP contribution >= 0.6 is 0 Å². The number of aryl methyl sites for hydroxylation is 2. The number of hydrogen-bond donors (Lipinski definition) is 1. The molecule has 0 aliphatic heterocycles. The predicted molar refractivity (Wildman–Crippen MR) is 80.8 cm³/mol. The first kappa shape index (κ1) is 13.3. The minimum atomic E-state index is -0.335. The molecule has 0 saturated carbocycles. The molecular weight excluding hydrogens is 246 g/mol. The van der Waals surface area contributed by atoms with Crippen molar-refractivity contribution in [1.29, 1.82) is 0 Å². The van der Waals surface area contributed by atoms with Crippen LogP contribution in [0.2, 0.25) is 0 Å². The van der Waals surface area contributed by atoms with Crippen LogP contribution in [0.4, 0.5) is 0 Å². The van der Waals surface area contributed by atoms with Gasteiger partial charge in [0.15, 0.2) is 0 Å². The Balaban J connectivity index is 1.72. The van der Waals surface area contributed by atoms with Crippen molar-refractivity contribution in [2.45, 2.75) is 44.6 Å². The molecule has 1 aliphatic carbocycles. The van der Waals surface area contributed by atoms with E-state index in [2.05, 4.69) is 42.2 Å². The molecule has 1 aromatic heterocycles.